The molecule has 0 saturated carbocycles. The fourth-order valence-corrected chi connectivity index (χ4v) is 7.13. The van der Waals surface area contributed by atoms with Gasteiger partial charge >= 0.3 is 29.6 Å². The molecule has 0 aliphatic carbocycles. The third-order valence-corrected chi connectivity index (χ3v) is 10.1. The Morgan fingerprint density at radius 2 is 1.80 bits per heavy atom. The second kappa shape index (κ2) is 12.8. The molecule has 0 spiro atoms. The zero-order chi connectivity index (χ0) is 28.6. The van der Waals surface area contributed by atoms with Gasteiger partial charge in [0.05, 0.1) is 15.1 Å². The molecule has 13 heteroatoms. The maximum absolute atomic E-state index is 12.8. The molecule has 210 valence electrons. The average Bonchev–Trinajstić information content (AvgIpc) is 3.19. The van der Waals surface area contributed by atoms with Crippen LogP contribution in [0, 0.1) is 0 Å². The monoisotopic (exact) mass is 708 g/mol. The Morgan fingerprint density at radius 1 is 1.12 bits per heavy atom. The molecule has 2 aliphatic heterocycles. The van der Waals surface area contributed by atoms with Gasteiger partial charge in [0.15, 0.2) is 0 Å². The zero-order valence-electron chi connectivity index (χ0n) is 21.3. The van der Waals surface area contributed by atoms with Crippen molar-refractivity contribution in [1.29, 1.82) is 0 Å². The van der Waals surface area contributed by atoms with E-state index < -0.39 is 37.7 Å². The first-order valence-corrected chi connectivity index (χ1v) is 16.7. The predicted molar refractivity (Wildman–Crippen MR) is 170 cm³/mol. The van der Waals surface area contributed by atoms with Gasteiger partial charge in [0.2, 0.25) is 11.7 Å². The van der Waals surface area contributed by atoms with Crippen LogP contribution in [0.2, 0.25) is 0 Å². The van der Waals surface area contributed by atoms with Gasteiger partial charge in [-0.2, -0.15) is 8.42 Å². The van der Waals surface area contributed by atoms with Crippen molar-refractivity contribution >= 4 is 95.9 Å². The predicted octanol–water partition coefficient (Wildman–Crippen LogP) is 5.12. The van der Waals surface area contributed by atoms with Crippen LogP contribution in [0.15, 0.2) is 82.3 Å². The number of alkyl halides is 1. The summed E-state index contributed by atoms with van der Waals surface area (Å²) in [6.45, 7) is 4.32. The van der Waals surface area contributed by atoms with E-state index in [0.29, 0.717) is 16.7 Å². The van der Waals surface area contributed by atoms with Crippen molar-refractivity contribution < 1.29 is 31.7 Å². The number of halogens is 1. The molecule has 9 nitrogen and oxygen atoms in total. The fourth-order valence-electron chi connectivity index (χ4n) is 4.84. The summed E-state index contributed by atoms with van der Waals surface area (Å²) in [5, 5.41) is 2.86. The Kier molecular flexibility index (Phi) is 10.6. The van der Waals surface area contributed by atoms with Crippen LogP contribution in [-0.4, -0.2) is 80.0 Å². The van der Waals surface area contributed by atoms with Crippen LogP contribution in [0.3, 0.4) is 0 Å². The van der Waals surface area contributed by atoms with Crippen LogP contribution < -0.4 is 10.2 Å². The van der Waals surface area contributed by atoms with Gasteiger partial charge in [-0.3, -0.25) is 23.2 Å². The van der Waals surface area contributed by atoms with Crippen molar-refractivity contribution in [2.75, 3.05) is 26.9 Å². The summed E-state index contributed by atoms with van der Waals surface area (Å²) in [5.41, 5.74) is 2.97. The first kappa shape index (κ1) is 33.0. The SMILES string of the molecule is CC1(C)C(=CC=CC=C2C(=O)c3ccccc3S2(O)O)N(CCCS(=O)(=O)O)c2ccc(NC(=O)CI)cc21.[NaH]. The van der Waals surface area contributed by atoms with Crippen molar-refractivity contribution in [1.82, 2.24) is 0 Å². The summed E-state index contributed by atoms with van der Waals surface area (Å²) in [5.74, 6) is -0.944. The number of anilines is 2. The number of fused-ring (bicyclic) bond motifs is 2. The number of rotatable bonds is 8. The molecule has 1 amide bonds. The quantitative estimate of drug-likeness (QED) is 0.0974. The Hall–Kier alpha value is -1.49. The summed E-state index contributed by atoms with van der Waals surface area (Å²) < 4.78 is 53.6. The average molecular weight is 709 g/mol. The molecule has 2 aliphatic rings. The molecule has 4 rings (SSSR count). The second-order valence-corrected chi connectivity index (χ2v) is 14.0. The molecule has 0 unspecified atom stereocenters. The Labute approximate surface area is 271 Å². The molecular weight excluding hydrogens is 678 g/mol. The zero-order valence-corrected chi connectivity index (χ0v) is 25.1. The van der Waals surface area contributed by atoms with Crippen LogP contribution >= 0.6 is 33.2 Å². The molecule has 4 N–H and O–H groups in total. The molecule has 0 bridgehead atoms. The van der Waals surface area contributed by atoms with Gasteiger partial charge in [-0.1, -0.05) is 60.7 Å². The van der Waals surface area contributed by atoms with Crippen molar-refractivity contribution in [3.63, 3.8) is 0 Å². The third-order valence-electron chi connectivity index (χ3n) is 6.66. The van der Waals surface area contributed by atoms with Gasteiger partial charge < -0.3 is 10.2 Å². The van der Waals surface area contributed by atoms with E-state index in [1.54, 1.807) is 36.4 Å². The van der Waals surface area contributed by atoms with Gasteiger partial charge in [0.1, 0.15) is 4.91 Å². The summed E-state index contributed by atoms with van der Waals surface area (Å²) in [4.78, 5) is 26.8. The summed E-state index contributed by atoms with van der Waals surface area (Å²) >= 11 is 1.99. The first-order chi connectivity index (χ1) is 18.3. The number of amides is 1. The van der Waals surface area contributed by atoms with Gasteiger partial charge in [-0.05, 0) is 54.5 Å². The molecule has 0 saturated heterocycles. The number of nitrogens with one attached hydrogen (secondary N) is 1. The van der Waals surface area contributed by atoms with E-state index in [1.807, 2.05) is 59.5 Å². The second-order valence-electron chi connectivity index (χ2n) is 9.67. The van der Waals surface area contributed by atoms with Gasteiger partial charge in [0.25, 0.3) is 10.1 Å². The van der Waals surface area contributed by atoms with Crippen LogP contribution in [-0.2, 0) is 20.3 Å². The van der Waals surface area contributed by atoms with E-state index in [-0.39, 0.29) is 57.2 Å². The fraction of sp³-hybridized carbons (Fsp3) is 0.259. The first-order valence-electron chi connectivity index (χ1n) is 12.0. The topological polar surface area (TPSA) is 144 Å². The number of Topliss-reactive ketones (excluding diaryl/α,β-unsaturated/α-hetero) is 1. The maximum atomic E-state index is 12.8. The minimum atomic E-state index is -4.12. The number of nitrogens with zero attached hydrogens (tertiary/aromatic N) is 1. The van der Waals surface area contributed by atoms with Crippen molar-refractivity contribution in [3.8, 4) is 0 Å². The number of hydrogen-bond donors (Lipinski definition) is 4. The summed E-state index contributed by atoms with van der Waals surface area (Å²) in [6.07, 6.45) is 6.68. The molecular formula is C27H30IN2NaO7S2. The summed E-state index contributed by atoms with van der Waals surface area (Å²) in [6, 6.07) is 12.0. The number of allylic oxidation sites excluding steroid dienone is 6. The molecule has 2 aromatic rings. The van der Waals surface area contributed by atoms with Crippen molar-refractivity contribution in [2.24, 2.45) is 0 Å². The minimum absolute atomic E-state index is 0. The molecule has 0 fully saturated rings. The normalized spacial score (nSPS) is 19.9. The van der Waals surface area contributed by atoms with E-state index in [9.17, 15) is 31.7 Å². The van der Waals surface area contributed by atoms with E-state index in [0.717, 1.165) is 16.9 Å². The van der Waals surface area contributed by atoms with Gasteiger partial charge in [0, 0.05) is 34.6 Å². The van der Waals surface area contributed by atoms with Crippen LogP contribution in [0.1, 0.15) is 36.2 Å². The van der Waals surface area contributed by atoms with Crippen molar-refractivity contribution in [2.45, 2.75) is 30.6 Å². The van der Waals surface area contributed by atoms with Crippen LogP contribution in [0.4, 0.5) is 11.4 Å². The van der Waals surface area contributed by atoms with E-state index in [1.165, 1.54) is 12.1 Å². The number of benzene rings is 2. The number of ketones is 1. The molecule has 0 aromatic heterocycles. The van der Waals surface area contributed by atoms with Crippen LogP contribution in [0.25, 0.3) is 0 Å². The molecule has 40 heavy (non-hydrogen) atoms. The number of carbonyl (C=O) groups is 2. The standard InChI is InChI=1S/C27H29IN2O7S2.Na.H/c1-27(2)20-16-18(29-25(31)17-28)12-13-21(20)30(14-7-15-38(33,34)35)24(27)11-6-5-10-23-26(32)19-8-3-4-9-22(19)39(23,36)37;;/h3-6,8-13,16,36-37H,7,14-15,17H2,1-2H3,(H,29,31)(H,33,34,35);;. The molecule has 2 aromatic carbocycles. The van der Waals surface area contributed by atoms with E-state index >= 15 is 0 Å². The van der Waals surface area contributed by atoms with Crippen molar-refractivity contribution in [3.05, 3.63) is 88.5 Å². The van der Waals surface area contributed by atoms with E-state index in [2.05, 4.69) is 5.32 Å². The third kappa shape index (κ3) is 6.76. The van der Waals surface area contributed by atoms with E-state index in [4.69, 9.17) is 0 Å². The molecule has 0 radical (unpaired) electrons. The number of carbonyl (C=O) groups excluding carboxylic acids is 2. The van der Waals surface area contributed by atoms with Gasteiger partial charge in [-0.25, -0.2) is 0 Å². The van der Waals surface area contributed by atoms with Gasteiger partial charge in [-0.15, -0.1) is 10.6 Å². The Morgan fingerprint density at radius 3 is 2.45 bits per heavy atom. The molecule has 2 heterocycles. The molecule has 0 atom stereocenters. The van der Waals surface area contributed by atoms with Crippen LogP contribution in [0.5, 0.6) is 0 Å². The Balaban J connectivity index is 0.00000441. The number of hydrogen-bond acceptors (Lipinski definition) is 7. The summed E-state index contributed by atoms with van der Waals surface area (Å²) in [7, 11) is -7.53. The Bertz CT molecular complexity index is 1540.